The number of carbonyl (C=O) groups is 2. The van der Waals surface area contributed by atoms with Crippen LogP contribution in [0, 0.1) is 0 Å². The summed E-state index contributed by atoms with van der Waals surface area (Å²) in [5.74, 6) is -0.461. The van der Waals surface area contributed by atoms with E-state index in [0.29, 0.717) is 6.54 Å². The second kappa shape index (κ2) is 9.92. The molecule has 0 spiro atoms. The molecule has 3 aromatic carbocycles. The lowest BCUT2D eigenvalue weighted by molar-refractivity contribution is -0.125. The number of hydrogen-bond acceptors (Lipinski definition) is 3. The van der Waals surface area contributed by atoms with E-state index < -0.39 is 0 Å². The highest BCUT2D eigenvalue weighted by Crippen LogP contribution is 2.14. The predicted molar refractivity (Wildman–Crippen MR) is 110 cm³/mol. The Balaban J connectivity index is 1.57. The number of rotatable bonds is 8. The molecule has 0 radical (unpaired) electrons. The first-order valence-electron chi connectivity index (χ1n) is 9.17. The number of hydrazine groups is 1. The quantitative estimate of drug-likeness (QED) is 0.597. The Labute approximate surface area is 165 Å². The highest BCUT2D eigenvalue weighted by molar-refractivity contribution is 5.86. The maximum atomic E-state index is 12.4. The Kier molecular flexibility index (Phi) is 6.79. The van der Waals surface area contributed by atoms with E-state index in [1.807, 2.05) is 91.0 Å². The Morgan fingerprint density at radius 3 is 1.82 bits per heavy atom. The van der Waals surface area contributed by atoms with Crippen molar-refractivity contribution in [2.45, 2.75) is 13.0 Å². The van der Waals surface area contributed by atoms with Crippen LogP contribution in [0.3, 0.4) is 0 Å². The normalized spacial score (nSPS) is 10.1. The van der Waals surface area contributed by atoms with Gasteiger partial charge >= 0.3 is 0 Å². The molecule has 142 valence electrons. The van der Waals surface area contributed by atoms with E-state index in [2.05, 4.69) is 10.7 Å². The molecule has 3 aromatic rings. The van der Waals surface area contributed by atoms with Gasteiger partial charge in [-0.2, -0.15) is 0 Å². The SMILES string of the molecule is O=C(Cc1ccccc1)NCC(=O)NN(Cc1ccccc1)c1ccccc1. The van der Waals surface area contributed by atoms with Gasteiger partial charge in [0.1, 0.15) is 0 Å². The first kappa shape index (κ1) is 19.2. The van der Waals surface area contributed by atoms with Gasteiger partial charge in [-0.15, -0.1) is 0 Å². The molecule has 28 heavy (non-hydrogen) atoms. The number of hydrogen-bond donors (Lipinski definition) is 2. The molecule has 0 unspecified atom stereocenters. The molecule has 0 heterocycles. The van der Waals surface area contributed by atoms with Gasteiger partial charge in [0, 0.05) is 0 Å². The zero-order valence-electron chi connectivity index (χ0n) is 15.5. The van der Waals surface area contributed by atoms with Crippen LogP contribution in [0.5, 0.6) is 0 Å². The van der Waals surface area contributed by atoms with Gasteiger partial charge in [-0.3, -0.25) is 20.0 Å². The van der Waals surface area contributed by atoms with Crippen molar-refractivity contribution in [1.29, 1.82) is 0 Å². The van der Waals surface area contributed by atoms with Crippen LogP contribution in [-0.4, -0.2) is 18.4 Å². The monoisotopic (exact) mass is 373 g/mol. The third kappa shape index (κ3) is 5.99. The lowest BCUT2D eigenvalue weighted by Crippen LogP contribution is -2.46. The van der Waals surface area contributed by atoms with E-state index in [1.165, 1.54) is 0 Å². The number of para-hydroxylation sites is 1. The van der Waals surface area contributed by atoms with Crippen molar-refractivity contribution < 1.29 is 9.59 Å². The molecule has 0 fully saturated rings. The number of anilines is 1. The van der Waals surface area contributed by atoms with E-state index >= 15 is 0 Å². The maximum Gasteiger partial charge on any atom is 0.257 e. The van der Waals surface area contributed by atoms with Crippen LogP contribution >= 0.6 is 0 Å². The van der Waals surface area contributed by atoms with Crippen molar-refractivity contribution in [2.75, 3.05) is 11.6 Å². The molecule has 0 aliphatic carbocycles. The molecule has 0 aromatic heterocycles. The van der Waals surface area contributed by atoms with Crippen molar-refractivity contribution in [3.05, 3.63) is 102 Å². The molecule has 0 aliphatic rings. The summed E-state index contributed by atoms with van der Waals surface area (Å²) in [6, 6.07) is 29.0. The molecular formula is C23H23N3O2. The summed E-state index contributed by atoms with van der Waals surface area (Å²) in [6.07, 6.45) is 0.251. The van der Waals surface area contributed by atoms with Crippen molar-refractivity contribution in [3.63, 3.8) is 0 Å². The zero-order chi connectivity index (χ0) is 19.6. The third-order valence-corrected chi connectivity index (χ3v) is 4.16. The van der Waals surface area contributed by atoms with Crippen molar-refractivity contribution in [2.24, 2.45) is 0 Å². The van der Waals surface area contributed by atoms with E-state index in [1.54, 1.807) is 5.01 Å². The topological polar surface area (TPSA) is 61.4 Å². The number of amides is 2. The fraction of sp³-hybridized carbons (Fsp3) is 0.130. The molecular weight excluding hydrogens is 350 g/mol. The highest BCUT2D eigenvalue weighted by Gasteiger charge is 2.12. The van der Waals surface area contributed by atoms with Gasteiger partial charge in [-0.1, -0.05) is 78.9 Å². The van der Waals surface area contributed by atoms with Gasteiger partial charge in [-0.05, 0) is 23.3 Å². The van der Waals surface area contributed by atoms with Gasteiger partial charge in [0.2, 0.25) is 5.91 Å². The zero-order valence-corrected chi connectivity index (χ0v) is 15.5. The van der Waals surface area contributed by atoms with Crippen LogP contribution < -0.4 is 15.8 Å². The fourth-order valence-electron chi connectivity index (χ4n) is 2.78. The lowest BCUT2D eigenvalue weighted by Gasteiger charge is -2.25. The molecule has 5 nitrogen and oxygen atoms in total. The van der Waals surface area contributed by atoms with Crippen molar-refractivity contribution in [1.82, 2.24) is 10.7 Å². The van der Waals surface area contributed by atoms with Crippen LogP contribution in [0.4, 0.5) is 5.69 Å². The molecule has 2 N–H and O–H groups in total. The van der Waals surface area contributed by atoms with Gasteiger partial charge in [0.25, 0.3) is 5.91 Å². The minimum atomic E-state index is -0.277. The smallest absolute Gasteiger partial charge is 0.257 e. The number of nitrogens with one attached hydrogen (secondary N) is 2. The van der Waals surface area contributed by atoms with Crippen LogP contribution in [0.15, 0.2) is 91.0 Å². The third-order valence-electron chi connectivity index (χ3n) is 4.16. The Morgan fingerprint density at radius 1 is 0.679 bits per heavy atom. The summed E-state index contributed by atoms with van der Waals surface area (Å²) in [7, 11) is 0. The van der Waals surface area contributed by atoms with Crippen molar-refractivity contribution >= 4 is 17.5 Å². The van der Waals surface area contributed by atoms with Gasteiger partial charge in [0.05, 0.1) is 25.2 Å². The molecule has 2 amide bonds. The molecule has 3 rings (SSSR count). The van der Waals surface area contributed by atoms with Gasteiger partial charge in [0.15, 0.2) is 0 Å². The first-order valence-corrected chi connectivity index (χ1v) is 9.17. The molecule has 0 aliphatic heterocycles. The number of nitrogens with zero attached hydrogens (tertiary/aromatic N) is 1. The number of carbonyl (C=O) groups excluding carboxylic acids is 2. The maximum absolute atomic E-state index is 12.4. The minimum absolute atomic E-state index is 0.0796. The van der Waals surface area contributed by atoms with E-state index in [0.717, 1.165) is 16.8 Å². The molecule has 0 saturated heterocycles. The first-order chi connectivity index (χ1) is 13.7. The minimum Gasteiger partial charge on any atom is -0.347 e. The van der Waals surface area contributed by atoms with Crippen LogP contribution in [0.1, 0.15) is 11.1 Å². The second-order valence-corrected chi connectivity index (χ2v) is 6.38. The van der Waals surface area contributed by atoms with Crippen LogP contribution in [0.25, 0.3) is 0 Å². The Morgan fingerprint density at radius 2 is 1.21 bits per heavy atom. The van der Waals surface area contributed by atoms with E-state index in [-0.39, 0.29) is 24.8 Å². The Bertz CT molecular complexity index is 883. The molecule has 0 atom stereocenters. The standard InChI is InChI=1S/C23H23N3O2/c27-22(16-19-10-4-1-5-11-19)24-17-23(28)25-26(21-14-8-3-9-15-21)18-20-12-6-2-7-13-20/h1-15H,16-18H2,(H,24,27)(H,25,28). The van der Waals surface area contributed by atoms with E-state index in [9.17, 15) is 9.59 Å². The summed E-state index contributed by atoms with van der Waals surface area (Å²) >= 11 is 0. The molecule has 5 heteroatoms. The fourth-order valence-corrected chi connectivity index (χ4v) is 2.78. The summed E-state index contributed by atoms with van der Waals surface area (Å²) in [5, 5.41) is 4.45. The Hall–Kier alpha value is -3.60. The summed E-state index contributed by atoms with van der Waals surface area (Å²) in [4.78, 5) is 24.5. The average Bonchev–Trinajstić information content (AvgIpc) is 2.74. The summed E-state index contributed by atoms with van der Waals surface area (Å²) in [5.41, 5.74) is 5.73. The van der Waals surface area contributed by atoms with E-state index in [4.69, 9.17) is 0 Å². The summed E-state index contributed by atoms with van der Waals surface area (Å²) in [6.45, 7) is 0.443. The largest absolute Gasteiger partial charge is 0.347 e. The van der Waals surface area contributed by atoms with Crippen LogP contribution in [0.2, 0.25) is 0 Å². The second-order valence-electron chi connectivity index (χ2n) is 6.38. The lowest BCUT2D eigenvalue weighted by atomic mass is 10.1. The predicted octanol–water partition coefficient (Wildman–Crippen LogP) is 3.08. The molecule has 0 saturated carbocycles. The van der Waals surface area contributed by atoms with Gasteiger partial charge in [-0.25, -0.2) is 0 Å². The highest BCUT2D eigenvalue weighted by atomic mass is 16.2. The summed E-state index contributed by atoms with van der Waals surface area (Å²) < 4.78 is 0. The van der Waals surface area contributed by atoms with Crippen LogP contribution in [-0.2, 0) is 22.6 Å². The molecule has 0 bridgehead atoms. The number of benzene rings is 3. The van der Waals surface area contributed by atoms with Gasteiger partial charge < -0.3 is 5.32 Å². The average molecular weight is 373 g/mol. The van der Waals surface area contributed by atoms with Crippen molar-refractivity contribution in [3.8, 4) is 0 Å².